The van der Waals surface area contributed by atoms with E-state index >= 15 is 0 Å². The van der Waals surface area contributed by atoms with E-state index in [-0.39, 0.29) is 12.1 Å². The summed E-state index contributed by atoms with van der Waals surface area (Å²) < 4.78 is 0. The minimum Gasteiger partial charge on any atom is -0.387 e. The van der Waals surface area contributed by atoms with Gasteiger partial charge in [-0.3, -0.25) is 0 Å². The molecule has 1 aromatic rings. The Hall–Kier alpha value is -0.860. The second-order valence-corrected chi connectivity index (χ2v) is 6.26. The minimum absolute atomic E-state index is 0.141. The number of hydrogen-bond acceptors (Lipinski definition) is 2. The Morgan fingerprint density at radius 2 is 1.84 bits per heavy atom. The third-order valence-electron chi connectivity index (χ3n) is 4.79. The lowest BCUT2D eigenvalue weighted by molar-refractivity contribution is 0.129. The van der Waals surface area contributed by atoms with Crippen LogP contribution in [0.5, 0.6) is 0 Å². The molecule has 0 bridgehead atoms. The van der Waals surface area contributed by atoms with Crippen LogP contribution in [-0.2, 0) is 12.8 Å². The number of hydrogen-bond donors (Lipinski definition) is 2. The SMILES string of the molecule is CC(NC1CCCC1)C(O)c1ccc2c(c1)CCC2. The molecule has 1 aromatic carbocycles. The van der Waals surface area contributed by atoms with Crippen molar-refractivity contribution in [1.82, 2.24) is 5.32 Å². The van der Waals surface area contributed by atoms with E-state index in [0.717, 1.165) is 5.56 Å². The van der Waals surface area contributed by atoms with E-state index in [1.54, 1.807) is 0 Å². The molecule has 19 heavy (non-hydrogen) atoms. The Labute approximate surface area is 116 Å². The third-order valence-corrected chi connectivity index (χ3v) is 4.79. The van der Waals surface area contributed by atoms with Crippen LogP contribution in [0.1, 0.15) is 61.8 Å². The Bertz CT molecular complexity index is 437. The quantitative estimate of drug-likeness (QED) is 0.870. The summed E-state index contributed by atoms with van der Waals surface area (Å²) in [5, 5.41) is 14.1. The van der Waals surface area contributed by atoms with Gasteiger partial charge in [0.25, 0.3) is 0 Å². The normalized spacial score (nSPS) is 22.4. The van der Waals surface area contributed by atoms with Gasteiger partial charge in [0.1, 0.15) is 0 Å². The van der Waals surface area contributed by atoms with Crippen molar-refractivity contribution in [3.8, 4) is 0 Å². The molecule has 2 aliphatic rings. The van der Waals surface area contributed by atoms with Crippen LogP contribution in [0, 0.1) is 0 Å². The predicted molar refractivity (Wildman–Crippen MR) is 78.3 cm³/mol. The molecule has 2 nitrogen and oxygen atoms in total. The van der Waals surface area contributed by atoms with Gasteiger partial charge in [0, 0.05) is 12.1 Å². The maximum Gasteiger partial charge on any atom is 0.0940 e. The van der Waals surface area contributed by atoms with Crippen molar-refractivity contribution in [2.24, 2.45) is 0 Å². The lowest BCUT2D eigenvalue weighted by Gasteiger charge is -2.24. The highest BCUT2D eigenvalue weighted by Crippen LogP contribution is 2.27. The van der Waals surface area contributed by atoms with Gasteiger partial charge in [-0.25, -0.2) is 0 Å². The average molecular weight is 259 g/mol. The summed E-state index contributed by atoms with van der Waals surface area (Å²) in [6.07, 6.45) is 8.47. The topological polar surface area (TPSA) is 32.3 Å². The molecule has 0 aliphatic heterocycles. The largest absolute Gasteiger partial charge is 0.387 e. The predicted octanol–water partition coefficient (Wildman–Crippen LogP) is 3.13. The number of benzene rings is 1. The molecule has 0 radical (unpaired) electrons. The molecule has 2 N–H and O–H groups in total. The first-order chi connectivity index (χ1) is 9.24. The van der Waals surface area contributed by atoms with Crippen LogP contribution in [0.3, 0.4) is 0 Å². The summed E-state index contributed by atoms with van der Waals surface area (Å²) >= 11 is 0. The van der Waals surface area contributed by atoms with Gasteiger partial charge in [0.2, 0.25) is 0 Å². The van der Waals surface area contributed by atoms with Crippen molar-refractivity contribution < 1.29 is 5.11 Å². The molecule has 1 saturated carbocycles. The lowest BCUT2D eigenvalue weighted by atomic mass is 9.98. The zero-order valence-corrected chi connectivity index (χ0v) is 11.9. The van der Waals surface area contributed by atoms with E-state index in [1.165, 1.54) is 56.1 Å². The maximum atomic E-state index is 10.5. The fourth-order valence-electron chi connectivity index (χ4n) is 3.62. The first-order valence-corrected chi connectivity index (χ1v) is 7.80. The van der Waals surface area contributed by atoms with E-state index in [4.69, 9.17) is 0 Å². The Morgan fingerprint density at radius 3 is 2.63 bits per heavy atom. The van der Waals surface area contributed by atoms with Gasteiger partial charge in [-0.05, 0) is 55.7 Å². The minimum atomic E-state index is -0.383. The molecule has 104 valence electrons. The van der Waals surface area contributed by atoms with Gasteiger partial charge in [0.15, 0.2) is 0 Å². The molecular weight excluding hydrogens is 234 g/mol. The molecule has 1 fully saturated rings. The summed E-state index contributed by atoms with van der Waals surface area (Å²) in [6, 6.07) is 7.30. The van der Waals surface area contributed by atoms with E-state index in [2.05, 4.69) is 30.4 Å². The maximum absolute atomic E-state index is 10.5. The van der Waals surface area contributed by atoms with Crippen molar-refractivity contribution in [2.45, 2.75) is 70.1 Å². The molecule has 2 heteroatoms. The number of nitrogens with one attached hydrogen (secondary N) is 1. The Morgan fingerprint density at radius 1 is 1.11 bits per heavy atom. The Kier molecular flexibility index (Phi) is 3.90. The summed E-state index contributed by atoms with van der Waals surface area (Å²) in [6.45, 7) is 2.11. The number of fused-ring (bicyclic) bond motifs is 1. The van der Waals surface area contributed by atoms with Gasteiger partial charge in [-0.15, -0.1) is 0 Å². The highest BCUT2D eigenvalue weighted by atomic mass is 16.3. The average Bonchev–Trinajstić information content (AvgIpc) is 3.07. The first-order valence-electron chi connectivity index (χ1n) is 7.80. The smallest absolute Gasteiger partial charge is 0.0940 e. The van der Waals surface area contributed by atoms with Crippen molar-refractivity contribution in [3.63, 3.8) is 0 Å². The lowest BCUT2D eigenvalue weighted by Crippen LogP contribution is -2.38. The monoisotopic (exact) mass is 259 g/mol. The highest BCUT2D eigenvalue weighted by Gasteiger charge is 2.23. The van der Waals surface area contributed by atoms with Crippen LogP contribution in [0.25, 0.3) is 0 Å². The molecular formula is C17H25NO. The number of rotatable bonds is 4. The number of aliphatic hydroxyl groups excluding tert-OH is 1. The van der Waals surface area contributed by atoms with Gasteiger partial charge in [0.05, 0.1) is 6.10 Å². The van der Waals surface area contributed by atoms with Crippen LogP contribution in [0.4, 0.5) is 0 Å². The molecule has 2 aliphatic carbocycles. The van der Waals surface area contributed by atoms with Crippen molar-refractivity contribution in [2.75, 3.05) is 0 Å². The zero-order chi connectivity index (χ0) is 13.2. The van der Waals surface area contributed by atoms with Crippen LogP contribution in [-0.4, -0.2) is 17.2 Å². The fraction of sp³-hybridized carbons (Fsp3) is 0.647. The fourth-order valence-corrected chi connectivity index (χ4v) is 3.62. The van der Waals surface area contributed by atoms with Crippen LogP contribution in [0.2, 0.25) is 0 Å². The van der Waals surface area contributed by atoms with Crippen LogP contribution < -0.4 is 5.32 Å². The summed E-state index contributed by atoms with van der Waals surface area (Å²) in [5.41, 5.74) is 4.01. The molecule has 0 saturated heterocycles. The number of aryl methyl sites for hydroxylation is 2. The van der Waals surface area contributed by atoms with Crippen molar-refractivity contribution in [1.29, 1.82) is 0 Å². The van der Waals surface area contributed by atoms with Crippen LogP contribution >= 0.6 is 0 Å². The molecule has 2 atom stereocenters. The van der Waals surface area contributed by atoms with E-state index in [1.807, 2.05) is 0 Å². The number of aliphatic hydroxyl groups is 1. The molecule has 0 spiro atoms. The van der Waals surface area contributed by atoms with Crippen molar-refractivity contribution >= 4 is 0 Å². The van der Waals surface area contributed by atoms with Crippen molar-refractivity contribution in [3.05, 3.63) is 34.9 Å². The third kappa shape index (κ3) is 2.85. The molecule has 3 rings (SSSR count). The van der Waals surface area contributed by atoms with Gasteiger partial charge in [-0.1, -0.05) is 31.0 Å². The van der Waals surface area contributed by atoms with Gasteiger partial charge >= 0.3 is 0 Å². The van der Waals surface area contributed by atoms with E-state index in [0.29, 0.717) is 6.04 Å². The molecule has 2 unspecified atom stereocenters. The summed E-state index contributed by atoms with van der Waals surface area (Å²) in [7, 11) is 0. The summed E-state index contributed by atoms with van der Waals surface area (Å²) in [4.78, 5) is 0. The van der Waals surface area contributed by atoms with Gasteiger partial charge in [-0.2, -0.15) is 0 Å². The van der Waals surface area contributed by atoms with E-state index < -0.39 is 0 Å². The molecule has 0 aromatic heterocycles. The Balaban J connectivity index is 1.66. The second-order valence-electron chi connectivity index (χ2n) is 6.26. The standard InChI is InChI=1S/C17H25NO/c1-12(18-16-7-2-3-8-16)17(19)15-10-9-13-5-4-6-14(13)11-15/h9-12,16-19H,2-8H2,1H3. The molecule has 0 heterocycles. The zero-order valence-electron chi connectivity index (χ0n) is 11.9. The highest BCUT2D eigenvalue weighted by molar-refractivity contribution is 5.36. The molecule has 0 amide bonds. The first kappa shape index (κ1) is 13.1. The van der Waals surface area contributed by atoms with Crippen LogP contribution in [0.15, 0.2) is 18.2 Å². The van der Waals surface area contributed by atoms with Gasteiger partial charge < -0.3 is 10.4 Å². The summed E-state index contributed by atoms with van der Waals surface area (Å²) in [5.74, 6) is 0. The second kappa shape index (κ2) is 5.64. The van der Waals surface area contributed by atoms with E-state index in [9.17, 15) is 5.11 Å².